The molecule has 1 aliphatic heterocycles. The van der Waals surface area contributed by atoms with E-state index in [1.807, 2.05) is 0 Å². The molecule has 1 atom stereocenters. The Hall–Kier alpha value is -2.44. The number of urea groups is 1. The van der Waals surface area contributed by atoms with E-state index in [-0.39, 0.29) is 6.54 Å². The van der Waals surface area contributed by atoms with Crippen LogP contribution in [0.2, 0.25) is 5.02 Å². The van der Waals surface area contributed by atoms with E-state index < -0.39 is 12.1 Å². The van der Waals surface area contributed by atoms with Gasteiger partial charge in [-0.25, -0.2) is 4.79 Å². The van der Waals surface area contributed by atoms with E-state index in [9.17, 15) is 9.90 Å². The molecule has 3 N–H and O–H groups in total. The van der Waals surface area contributed by atoms with Crippen LogP contribution in [0, 0.1) is 0 Å². The number of halogens is 1. The summed E-state index contributed by atoms with van der Waals surface area (Å²) < 4.78 is 10.9. The van der Waals surface area contributed by atoms with E-state index in [1.165, 1.54) is 0 Å². The van der Waals surface area contributed by atoms with Crippen molar-refractivity contribution < 1.29 is 19.4 Å². The van der Waals surface area contributed by atoms with Gasteiger partial charge in [-0.15, -0.1) is 0 Å². The van der Waals surface area contributed by atoms with Crippen molar-refractivity contribution in [2.45, 2.75) is 6.10 Å². The number of fused-ring (bicyclic) bond motifs is 1. The van der Waals surface area contributed by atoms with Crippen molar-refractivity contribution in [3.8, 4) is 11.5 Å². The van der Waals surface area contributed by atoms with Crippen LogP contribution in [0.25, 0.3) is 0 Å². The minimum absolute atomic E-state index is 0.0685. The summed E-state index contributed by atoms with van der Waals surface area (Å²) in [5.74, 6) is 1.26. The monoisotopic (exact) mass is 348 g/mol. The molecule has 0 fully saturated rings. The summed E-state index contributed by atoms with van der Waals surface area (Å²) in [5, 5.41) is 16.1. The van der Waals surface area contributed by atoms with Gasteiger partial charge >= 0.3 is 6.03 Å². The molecule has 0 saturated carbocycles. The van der Waals surface area contributed by atoms with Crippen molar-refractivity contribution in [1.82, 2.24) is 5.32 Å². The summed E-state index contributed by atoms with van der Waals surface area (Å²) in [6, 6.07) is 11.6. The van der Waals surface area contributed by atoms with Crippen molar-refractivity contribution in [2.24, 2.45) is 0 Å². The number of carbonyl (C=O) groups excluding carboxylic acids is 1. The maximum atomic E-state index is 11.9. The van der Waals surface area contributed by atoms with Crippen molar-refractivity contribution in [3.63, 3.8) is 0 Å². The maximum Gasteiger partial charge on any atom is 0.319 e. The van der Waals surface area contributed by atoms with E-state index in [0.29, 0.717) is 41.0 Å². The molecule has 1 heterocycles. The van der Waals surface area contributed by atoms with E-state index >= 15 is 0 Å². The van der Waals surface area contributed by atoms with Crippen molar-refractivity contribution in [3.05, 3.63) is 53.1 Å². The molecule has 2 aromatic rings. The average molecular weight is 349 g/mol. The van der Waals surface area contributed by atoms with E-state index in [4.69, 9.17) is 21.1 Å². The molecule has 6 nitrogen and oxygen atoms in total. The number of ether oxygens (including phenoxy) is 2. The second kappa shape index (κ2) is 7.42. The fraction of sp³-hybridized carbons (Fsp3) is 0.235. The lowest BCUT2D eigenvalue weighted by molar-refractivity contribution is 0.163. The summed E-state index contributed by atoms with van der Waals surface area (Å²) in [4.78, 5) is 11.9. The van der Waals surface area contributed by atoms with Gasteiger partial charge in [-0.1, -0.05) is 17.7 Å². The Kier molecular flexibility index (Phi) is 5.08. The second-order valence-electron chi connectivity index (χ2n) is 5.26. The first-order valence-corrected chi connectivity index (χ1v) is 7.87. The van der Waals surface area contributed by atoms with Gasteiger partial charge in [0.1, 0.15) is 13.2 Å². The Morgan fingerprint density at radius 1 is 1.12 bits per heavy atom. The lowest BCUT2D eigenvalue weighted by atomic mass is 10.1. The van der Waals surface area contributed by atoms with Crippen LogP contribution in [0.15, 0.2) is 42.5 Å². The highest BCUT2D eigenvalue weighted by Crippen LogP contribution is 2.32. The first kappa shape index (κ1) is 16.4. The lowest BCUT2D eigenvalue weighted by Crippen LogP contribution is -2.32. The number of carbonyl (C=O) groups is 1. The Bertz CT molecular complexity index is 721. The van der Waals surface area contributed by atoms with Crippen molar-refractivity contribution in [1.29, 1.82) is 0 Å². The minimum atomic E-state index is -0.850. The number of aliphatic hydroxyl groups is 1. The molecule has 0 saturated heterocycles. The predicted octanol–water partition coefficient (Wildman–Crippen LogP) is 2.97. The molecule has 3 rings (SSSR count). The van der Waals surface area contributed by atoms with Crippen LogP contribution in [-0.2, 0) is 0 Å². The van der Waals surface area contributed by atoms with Gasteiger partial charge in [0.25, 0.3) is 0 Å². The highest BCUT2D eigenvalue weighted by Gasteiger charge is 2.16. The number of hydrogen-bond donors (Lipinski definition) is 3. The van der Waals surface area contributed by atoms with Gasteiger partial charge < -0.3 is 25.2 Å². The zero-order chi connectivity index (χ0) is 16.9. The minimum Gasteiger partial charge on any atom is -0.486 e. The third-order valence-corrected chi connectivity index (χ3v) is 3.76. The van der Waals surface area contributed by atoms with Crippen LogP contribution >= 0.6 is 11.6 Å². The fourth-order valence-corrected chi connectivity index (χ4v) is 2.41. The van der Waals surface area contributed by atoms with Gasteiger partial charge in [0.05, 0.1) is 6.10 Å². The number of benzene rings is 2. The van der Waals surface area contributed by atoms with Crippen molar-refractivity contribution >= 4 is 23.3 Å². The number of rotatable bonds is 4. The van der Waals surface area contributed by atoms with Crippen LogP contribution in [0.5, 0.6) is 11.5 Å². The highest BCUT2D eigenvalue weighted by atomic mass is 35.5. The van der Waals surface area contributed by atoms with E-state index in [2.05, 4.69) is 10.6 Å². The SMILES string of the molecule is O=C(NCC(O)c1ccc2c(c1)OCCO2)Nc1ccc(Cl)cc1. The second-order valence-corrected chi connectivity index (χ2v) is 5.70. The van der Waals surface area contributed by atoms with Crippen LogP contribution in [0.4, 0.5) is 10.5 Å². The molecule has 2 aromatic carbocycles. The number of nitrogens with one attached hydrogen (secondary N) is 2. The predicted molar refractivity (Wildman–Crippen MR) is 90.9 cm³/mol. The first-order chi connectivity index (χ1) is 11.6. The Morgan fingerprint density at radius 2 is 1.83 bits per heavy atom. The smallest absolute Gasteiger partial charge is 0.319 e. The molecule has 2 amide bonds. The number of anilines is 1. The van der Waals surface area contributed by atoms with Gasteiger partial charge in [0.15, 0.2) is 11.5 Å². The van der Waals surface area contributed by atoms with Crippen LogP contribution in [0.3, 0.4) is 0 Å². The van der Waals surface area contributed by atoms with Gasteiger partial charge in [-0.05, 0) is 42.0 Å². The fourth-order valence-electron chi connectivity index (χ4n) is 2.28. The third-order valence-electron chi connectivity index (χ3n) is 3.51. The standard InChI is InChI=1S/C17H17ClN2O4/c18-12-2-4-13(5-3-12)20-17(22)19-10-14(21)11-1-6-15-16(9-11)24-8-7-23-15/h1-6,9,14,21H,7-8,10H2,(H2,19,20,22). The molecule has 0 aliphatic carbocycles. The molecule has 1 unspecified atom stereocenters. The largest absolute Gasteiger partial charge is 0.486 e. The molecule has 1 aliphatic rings. The molecular weight excluding hydrogens is 332 g/mol. The summed E-state index contributed by atoms with van der Waals surface area (Å²) >= 11 is 5.79. The summed E-state index contributed by atoms with van der Waals surface area (Å²) in [6.45, 7) is 1.06. The van der Waals surface area contributed by atoms with Gasteiger partial charge in [-0.3, -0.25) is 0 Å². The molecule has 7 heteroatoms. The average Bonchev–Trinajstić information content (AvgIpc) is 2.61. The quantitative estimate of drug-likeness (QED) is 0.793. The van der Waals surface area contributed by atoms with E-state index in [1.54, 1.807) is 42.5 Å². The third kappa shape index (κ3) is 4.10. The van der Waals surface area contributed by atoms with E-state index in [0.717, 1.165) is 0 Å². The molecule has 24 heavy (non-hydrogen) atoms. The van der Waals surface area contributed by atoms with Gasteiger partial charge in [-0.2, -0.15) is 0 Å². The summed E-state index contributed by atoms with van der Waals surface area (Å²) in [5.41, 5.74) is 1.26. The van der Waals surface area contributed by atoms with Gasteiger partial charge in [0, 0.05) is 17.3 Å². The first-order valence-electron chi connectivity index (χ1n) is 7.50. The Morgan fingerprint density at radius 3 is 2.58 bits per heavy atom. The lowest BCUT2D eigenvalue weighted by Gasteiger charge is -2.20. The van der Waals surface area contributed by atoms with Crippen LogP contribution in [0.1, 0.15) is 11.7 Å². The molecule has 0 aromatic heterocycles. The van der Waals surface area contributed by atoms with Crippen molar-refractivity contribution in [2.75, 3.05) is 25.1 Å². The normalized spacial score (nSPS) is 13.9. The highest BCUT2D eigenvalue weighted by molar-refractivity contribution is 6.30. The molecule has 0 spiro atoms. The van der Waals surface area contributed by atoms with Gasteiger partial charge in [0.2, 0.25) is 0 Å². The molecule has 126 valence electrons. The van der Waals surface area contributed by atoms with Crippen LogP contribution in [-0.4, -0.2) is 30.9 Å². The number of aliphatic hydroxyl groups excluding tert-OH is 1. The maximum absolute atomic E-state index is 11.9. The molecular formula is C17H17ClN2O4. The summed E-state index contributed by atoms with van der Waals surface area (Å²) in [6.07, 6.45) is -0.850. The zero-order valence-electron chi connectivity index (χ0n) is 12.8. The Labute approximate surface area is 144 Å². The topological polar surface area (TPSA) is 79.8 Å². The Balaban J connectivity index is 1.54. The van der Waals surface area contributed by atoms with Crippen LogP contribution < -0.4 is 20.1 Å². The number of amides is 2. The molecule has 0 radical (unpaired) electrons. The molecule has 0 bridgehead atoms. The number of hydrogen-bond acceptors (Lipinski definition) is 4. The zero-order valence-corrected chi connectivity index (χ0v) is 13.5. The summed E-state index contributed by atoms with van der Waals surface area (Å²) in [7, 11) is 0.